The number of rotatable bonds is 6. The lowest BCUT2D eigenvalue weighted by Crippen LogP contribution is -2.44. The van der Waals surface area contributed by atoms with Gasteiger partial charge in [0.05, 0.1) is 0 Å². The summed E-state index contributed by atoms with van der Waals surface area (Å²) in [5.74, 6) is -0.175. The predicted octanol–water partition coefficient (Wildman–Crippen LogP) is 5.08. The van der Waals surface area contributed by atoms with Crippen LogP contribution >= 0.6 is 15.9 Å². The molecular formula is C17H25BrFN. The first-order chi connectivity index (χ1) is 9.55. The molecule has 0 amide bonds. The second-order valence-electron chi connectivity index (χ2n) is 6.31. The van der Waals surface area contributed by atoms with Crippen molar-refractivity contribution in [3.05, 3.63) is 34.1 Å². The minimum absolute atomic E-state index is 0.175. The maximum atomic E-state index is 13.2. The number of hydrogen-bond acceptors (Lipinski definition) is 1. The average Bonchev–Trinajstić information content (AvgIpc) is 2.84. The molecule has 1 aliphatic rings. The predicted molar refractivity (Wildman–Crippen MR) is 86.5 cm³/mol. The standard InChI is InChI=1S/C17H25BrFN/c1-3-10-20-16(17(2)8-4-5-9-17)11-13-6-7-14(19)12-15(13)18/h6-7,12,16,20H,3-5,8-11H2,1-2H3. The fraction of sp³-hybridized carbons (Fsp3) is 0.647. The molecule has 1 atom stereocenters. The van der Waals surface area contributed by atoms with Crippen LogP contribution in [0.15, 0.2) is 22.7 Å². The molecular weight excluding hydrogens is 317 g/mol. The summed E-state index contributed by atoms with van der Waals surface area (Å²) in [5, 5.41) is 3.73. The van der Waals surface area contributed by atoms with Crippen molar-refractivity contribution < 1.29 is 4.39 Å². The Bertz CT molecular complexity index is 441. The Morgan fingerprint density at radius 2 is 2.05 bits per heavy atom. The normalized spacial score (nSPS) is 19.2. The van der Waals surface area contributed by atoms with Gasteiger partial charge in [0.2, 0.25) is 0 Å². The lowest BCUT2D eigenvalue weighted by molar-refractivity contribution is 0.219. The monoisotopic (exact) mass is 341 g/mol. The van der Waals surface area contributed by atoms with Gasteiger partial charge in [-0.3, -0.25) is 0 Å². The van der Waals surface area contributed by atoms with E-state index in [1.807, 2.05) is 6.07 Å². The Morgan fingerprint density at radius 3 is 2.65 bits per heavy atom. The molecule has 112 valence electrons. The third kappa shape index (κ3) is 3.82. The van der Waals surface area contributed by atoms with Crippen LogP contribution in [0.2, 0.25) is 0 Å². The summed E-state index contributed by atoms with van der Waals surface area (Å²) >= 11 is 3.50. The molecule has 20 heavy (non-hydrogen) atoms. The zero-order valence-electron chi connectivity index (χ0n) is 12.5. The summed E-state index contributed by atoms with van der Waals surface area (Å²) in [6.45, 7) is 5.67. The molecule has 1 unspecified atom stereocenters. The summed E-state index contributed by atoms with van der Waals surface area (Å²) in [6, 6.07) is 5.53. The van der Waals surface area contributed by atoms with Gasteiger partial charge in [0.15, 0.2) is 0 Å². The van der Waals surface area contributed by atoms with E-state index in [1.165, 1.54) is 31.2 Å². The molecule has 1 aromatic carbocycles. The van der Waals surface area contributed by atoms with E-state index in [9.17, 15) is 4.39 Å². The fourth-order valence-corrected chi connectivity index (χ4v) is 3.83. The molecule has 0 heterocycles. The zero-order chi connectivity index (χ0) is 14.6. The molecule has 1 saturated carbocycles. The maximum absolute atomic E-state index is 13.2. The first-order valence-electron chi connectivity index (χ1n) is 7.72. The molecule has 0 saturated heterocycles. The van der Waals surface area contributed by atoms with E-state index in [0.717, 1.165) is 23.9 Å². The van der Waals surface area contributed by atoms with Gasteiger partial charge in [-0.25, -0.2) is 4.39 Å². The SMILES string of the molecule is CCCNC(Cc1ccc(F)cc1Br)C1(C)CCCC1. The molecule has 0 radical (unpaired) electrons. The van der Waals surface area contributed by atoms with E-state index in [0.29, 0.717) is 11.5 Å². The van der Waals surface area contributed by atoms with Crippen molar-refractivity contribution in [3.63, 3.8) is 0 Å². The summed E-state index contributed by atoms with van der Waals surface area (Å²) in [7, 11) is 0. The van der Waals surface area contributed by atoms with Gasteiger partial charge in [-0.05, 0) is 55.3 Å². The summed E-state index contributed by atoms with van der Waals surface area (Å²) in [6.07, 6.45) is 7.39. The number of halogens is 2. The maximum Gasteiger partial charge on any atom is 0.124 e. The van der Waals surface area contributed by atoms with Gasteiger partial charge in [-0.2, -0.15) is 0 Å². The Kier molecular flexibility index (Phi) is 5.62. The highest BCUT2D eigenvalue weighted by atomic mass is 79.9. The van der Waals surface area contributed by atoms with Gasteiger partial charge in [0.25, 0.3) is 0 Å². The van der Waals surface area contributed by atoms with Crippen LogP contribution in [-0.4, -0.2) is 12.6 Å². The average molecular weight is 342 g/mol. The lowest BCUT2D eigenvalue weighted by atomic mass is 9.77. The van der Waals surface area contributed by atoms with Gasteiger partial charge in [-0.1, -0.05) is 48.7 Å². The molecule has 3 heteroatoms. The highest BCUT2D eigenvalue weighted by Crippen LogP contribution is 2.42. The van der Waals surface area contributed by atoms with E-state index in [4.69, 9.17) is 0 Å². The van der Waals surface area contributed by atoms with Gasteiger partial charge in [0, 0.05) is 10.5 Å². The summed E-state index contributed by atoms with van der Waals surface area (Å²) < 4.78 is 14.1. The van der Waals surface area contributed by atoms with Crippen LogP contribution in [0.5, 0.6) is 0 Å². The molecule has 2 rings (SSSR count). The van der Waals surface area contributed by atoms with Crippen molar-refractivity contribution in [3.8, 4) is 0 Å². The smallest absolute Gasteiger partial charge is 0.124 e. The number of benzene rings is 1. The molecule has 1 aliphatic carbocycles. The first kappa shape index (κ1) is 16.0. The Labute approximate surface area is 130 Å². The molecule has 0 aliphatic heterocycles. The Morgan fingerprint density at radius 1 is 1.35 bits per heavy atom. The van der Waals surface area contributed by atoms with Crippen LogP contribution in [0, 0.1) is 11.2 Å². The lowest BCUT2D eigenvalue weighted by Gasteiger charge is -2.35. The van der Waals surface area contributed by atoms with Crippen molar-refractivity contribution in [2.45, 2.75) is 58.4 Å². The molecule has 0 bridgehead atoms. The fourth-order valence-electron chi connectivity index (χ4n) is 3.32. The minimum atomic E-state index is -0.175. The van der Waals surface area contributed by atoms with E-state index < -0.39 is 0 Å². The van der Waals surface area contributed by atoms with Crippen molar-refractivity contribution in [1.82, 2.24) is 5.32 Å². The van der Waals surface area contributed by atoms with Crippen molar-refractivity contribution >= 4 is 15.9 Å². The zero-order valence-corrected chi connectivity index (χ0v) is 14.1. The van der Waals surface area contributed by atoms with Gasteiger partial charge in [0.1, 0.15) is 5.82 Å². The highest BCUT2D eigenvalue weighted by Gasteiger charge is 2.36. The topological polar surface area (TPSA) is 12.0 Å². The third-order valence-electron chi connectivity index (χ3n) is 4.67. The van der Waals surface area contributed by atoms with Crippen LogP contribution < -0.4 is 5.32 Å². The number of hydrogen-bond donors (Lipinski definition) is 1. The van der Waals surface area contributed by atoms with Crippen molar-refractivity contribution in [2.75, 3.05) is 6.54 Å². The van der Waals surface area contributed by atoms with Crippen LogP contribution in [0.25, 0.3) is 0 Å². The summed E-state index contributed by atoms with van der Waals surface area (Å²) in [4.78, 5) is 0. The van der Waals surface area contributed by atoms with Crippen LogP contribution in [-0.2, 0) is 6.42 Å². The largest absolute Gasteiger partial charge is 0.313 e. The van der Waals surface area contributed by atoms with Crippen molar-refractivity contribution in [2.24, 2.45) is 5.41 Å². The highest BCUT2D eigenvalue weighted by molar-refractivity contribution is 9.10. The molecule has 0 aromatic heterocycles. The van der Waals surface area contributed by atoms with Crippen LogP contribution in [0.3, 0.4) is 0 Å². The molecule has 1 fully saturated rings. The second-order valence-corrected chi connectivity index (χ2v) is 7.16. The van der Waals surface area contributed by atoms with E-state index in [-0.39, 0.29) is 5.82 Å². The van der Waals surface area contributed by atoms with E-state index in [1.54, 1.807) is 12.1 Å². The van der Waals surface area contributed by atoms with Gasteiger partial charge in [-0.15, -0.1) is 0 Å². The Balaban J connectivity index is 2.14. The molecule has 1 aromatic rings. The quantitative estimate of drug-likeness (QED) is 0.760. The van der Waals surface area contributed by atoms with Gasteiger partial charge >= 0.3 is 0 Å². The number of nitrogens with one attached hydrogen (secondary N) is 1. The minimum Gasteiger partial charge on any atom is -0.313 e. The van der Waals surface area contributed by atoms with Crippen LogP contribution in [0.1, 0.15) is 51.5 Å². The molecule has 1 nitrogen and oxygen atoms in total. The first-order valence-corrected chi connectivity index (χ1v) is 8.52. The van der Waals surface area contributed by atoms with Gasteiger partial charge < -0.3 is 5.32 Å². The summed E-state index contributed by atoms with van der Waals surface area (Å²) in [5.41, 5.74) is 1.58. The second kappa shape index (κ2) is 7.04. The third-order valence-corrected chi connectivity index (χ3v) is 5.41. The van der Waals surface area contributed by atoms with Crippen molar-refractivity contribution in [1.29, 1.82) is 0 Å². The van der Waals surface area contributed by atoms with E-state index in [2.05, 4.69) is 35.1 Å². The Hall–Kier alpha value is -0.410. The molecule has 1 N–H and O–H groups in total. The molecule has 0 spiro atoms. The van der Waals surface area contributed by atoms with Crippen LogP contribution in [0.4, 0.5) is 4.39 Å². The van der Waals surface area contributed by atoms with E-state index >= 15 is 0 Å².